The highest BCUT2D eigenvalue weighted by Gasteiger charge is 2.28. The van der Waals surface area contributed by atoms with Crippen molar-refractivity contribution in [1.29, 1.82) is 0 Å². The third-order valence-electron chi connectivity index (χ3n) is 3.10. The van der Waals surface area contributed by atoms with Gasteiger partial charge in [-0.1, -0.05) is 6.92 Å². The number of aromatic nitrogens is 1. The molecule has 1 aromatic heterocycles. The molecule has 1 saturated heterocycles. The lowest BCUT2D eigenvalue weighted by Crippen LogP contribution is -2.44. The van der Waals surface area contributed by atoms with Crippen molar-refractivity contribution < 1.29 is 4.79 Å². The lowest BCUT2D eigenvalue weighted by atomic mass is 9.98. The molecule has 5 heteroatoms. The maximum atomic E-state index is 12.2. The van der Waals surface area contributed by atoms with Gasteiger partial charge in [0.2, 0.25) is 0 Å². The number of pyridine rings is 1. The Morgan fingerprint density at radius 3 is 2.94 bits per heavy atom. The molecule has 2 heterocycles. The summed E-state index contributed by atoms with van der Waals surface area (Å²) >= 11 is 9.50. The van der Waals surface area contributed by atoms with Crippen LogP contribution in [0.5, 0.6) is 0 Å². The molecule has 2 atom stereocenters. The van der Waals surface area contributed by atoms with Crippen LogP contribution in [0.25, 0.3) is 0 Å². The highest BCUT2D eigenvalue weighted by molar-refractivity contribution is 9.10. The van der Waals surface area contributed by atoms with E-state index in [2.05, 4.69) is 27.8 Å². The predicted molar refractivity (Wildman–Crippen MR) is 71.3 cm³/mol. The van der Waals surface area contributed by atoms with Gasteiger partial charge in [0, 0.05) is 23.8 Å². The van der Waals surface area contributed by atoms with Crippen molar-refractivity contribution in [2.45, 2.75) is 18.7 Å². The number of alkyl halides is 1. The zero-order valence-corrected chi connectivity index (χ0v) is 11.9. The molecule has 3 nitrogen and oxygen atoms in total. The third kappa shape index (κ3) is 2.99. The number of nitrogens with zero attached hydrogens (tertiary/aromatic N) is 2. The van der Waals surface area contributed by atoms with Crippen molar-refractivity contribution in [3.8, 4) is 0 Å². The minimum Gasteiger partial charge on any atom is -0.336 e. The average Bonchev–Trinajstić information content (AvgIpc) is 2.33. The quantitative estimate of drug-likeness (QED) is 0.746. The second kappa shape index (κ2) is 5.36. The number of piperidine rings is 1. The largest absolute Gasteiger partial charge is 0.336 e. The van der Waals surface area contributed by atoms with E-state index in [0.717, 1.165) is 17.4 Å². The Bertz CT molecular complexity index is 409. The summed E-state index contributed by atoms with van der Waals surface area (Å²) in [4.78, 5) is 18.1. The number of hydrogen-bond acceptors (Lipinski definition) is 2. The maximum absolute atomic E-state index is 12.2. The summed E-state index contributed by atoms with van der Waals surface area (Å²) in [6.45, 7) is 3.50. The van der Waals surface area contributed by atoms with Crippen molar-refractivity contribution in [3.05, 3.63) is 28.5 Å². The molecule has 0 aromatic carbocycles. The van der Waals surface area contributed by atoms with E-state index < -0.39 is 0 Å². The Hall–Kier alpha value is -0.610. The fraction of sp³-hybridized carbons (Fsp3) is 0.500. The summed E-state index contributed by atoms with van der Waals surface area (Å²) in [6.07, 6.45) is 2.59. The van der Waals surface area contributed by atoms with E-state index in [1.165, 1.54) is 0 Å². The second-order valence-corrected chi connectivity index (χ2v) is 5.87. The van der Waals surface area contributed by atoms with E-state index in [9.17, 15) is 4.79 Å². The summed E-state index contributed by atoms with van der Waals surface area (Å²) in [6, 6.07) is 3.55. The second-order valence-electron chi connectivity index (χ2n) is 4.39. The van der Waals surface area contributed by atoms with Crippen LogP contribution in [0.15, 0.2) is 22.8 Å². The van der Waals surface area contributed by atoms with Crippen LogP contribution in [-0.4, -0.2) is 34.3 Å². The van der Waals surface area contributed by atoms with Gasteiger partial charge in [-0.3, -0.25) is 4.79 Å². The molecule has 0 spiro atoms. The van der Waals surface area contributed by atoms with Gasteiger partial charge in [-0.25, -0.2) is 4.98 Å². The van der Waals surface area contributed by atoms with E-state index in [0.29, 0.717) is 18.2 Å². The van der Waals surface area contributed by atoms with E-state index >= 15 is 0 Å². The van der Waals surface area contributed by atoms with Crippen molar-refractivity contribution in [2.75, 3.05) is 13.1 Å². The van der Waals surface area contributed by atoms with E-state index in [4.69, 9.17) is 11.6 Å². The van der Waals surface area contributed by atoms with E-state index in [-0.39, 0.29) is 11.3 Å². The zero-order chi connectivity index (χ0) is 12.4. The lowest BCUT2D eigenvalue weighted by Gasteiger charge is -2.33. The lowest BCUT2D eigenvalue weighted by molar-refractivity contribution is 0.0695. The molecule has 0 bridgehead atoms. The highest BCUT2D eigenvalue weighted by Crippen LogP contribution is 2.22. The fourth-order valence-electron chi connectivity index (χ4n) is 1.87. The summed E-state index contributed by atoms with van der Waals surface area (Å²) in [5.74, 6) is 0.439. The minimum atomic E-state index is -0.0324. The molecule has 1 aromatic rings. The fourth-order valence-corrected chi connectivity index (χ4v) is 2.40. The van der Waals surface area contributed by atoms with Gasteiger partial charge in [-0.2, -0.15) is 0 Å². The Balaban J connectivity index is 2.08. The van der Waals surface area contributed by atoms with Crippen LogP contribution in [-0.2, 0) is 0 Å². The minimum absolute atomic E-state index is 0.0324. The topological polar surface area (TPSA) is 33.2 Å². The molecule has 0 N–H and O–H groups in total. The highest BCUT2D eigenvalue weighted by atomic mass is 79.9. The summed E-state index contributed by atoms with van der Waals surface area (Å²) < 4.78 is 0.872. The number of amides is 1. The van der Waals surface area contributed by atoms with Crippen molar-refractivity contribution in [3.63, 3.8) is 0 Å². The Morgan fingerprint density at radius 2 is 2.35 bits per heavy atom. The third-order valence-corrected chi connectivity index (χ3v) is 4.14. The first-order valence-corrected chi connectivity index (χ1v) is 6.86. The summed E-state index contributed by atoms with van der Waals surface area (Å²) in [5.41, 5.74) is 0.478. The molecule has 1 aliphatic rings. The van der Waals surface area contributed by atoms with Gasteiger partial charge in [0.15, 0.2) is 0 Å². The number of carbonyl (C=O) groups is 1. The number of hydrogen-bond donors (Lipinski definition) is 0. The molecule has 0 saturated carbocycles. The Labute approximate surface area is 114 Å². The molecule has 17 heavy (non-hydrogen) atoms. The normalized spacial score (nSPS) is 24.8. The van der Waals surface area contributed by atoms with Crippen LogP contribution in [0.1, 0.15) is 23.8 Å². The molecular formula is C12H14BrClN2O. The first-order valence-electron chi connectivity index (χ1n) is 5.63. The molecular weight excluding hydrogens is 304 g/mol. The molecule has 0 aliphatic carbocycles. The smallest absolute Gasteiger partial charge is 0.272 e. The molecule has 1 aliphatic heterocycles. The molecule has 1 amide bonds. The number of likely N-dealkylation sites (tertiary alicyclic amines) is 1. The number of rotatable bonds is 1. The summed E-state index contributed by atoms with van der Waals surface area (Å²) in [7, 11) is 0. The van der Waals surface area contributed by atoms with Crippen LogP contribution >= 0.6 is 27.5 Å². The van der Waals surface area contributed by atoms with Crippen molar-refractivity contribution in [1.82, 2.24) is 9.88 Å². The van der Waals surface area contributed by atoms with Crippen molar-refractivity contribution >= 4 is 33.4 Å². The number of carbonyl (C=O) groups excluding carboxylic acids is 1. The van der Waals surface area contributed by atoms with Crippen molar-refractivity contribution in [2.24, 2.45) is 5.92 Å². The zero-order valence-electron chi connectivity index (χ0n) is 9.57. The van der Waals surface area contributed by atoms with Gasteiger partial charge in [-0.05, 0) is 40.4 Å². The first-order chi connectivity index (χ1) is 8.08. The molecule has 0 radical (unpaired) electrons. The molecule has 92 valence electrons. The summed E-state index contributed by atoms with van der Waals surface area (Å²) in [5, 5.41) is 0.0446. The first kappa shape index (κ1) is 12.8. The average molecular weight is 318 g/mol. The standard InChI is InChI=1S/C12H14BrClN2O/c1-8-4-5-16(7-10(8)14)12(17)11-3-2-9(13)6-15-11/h2-3,6,8,10H,4-5,7H2,1H3. The van der Waals surface area contributed by atoms with E-state index in [1.54, 1.807) is 17.2 Å². The van der Waals surface area contributed by atoms with E-state index in [1.807, 2.05) is 6.07 Å². The molecule has 1 fully saturated rings. The molecule has 2 rings (SSSR count). The van der Waals surface area contributed by atoms with Gasteiger partial charge in [0.25, 0.3) is 5.91 Å². The van der Waals surface area contributed by atoms with Gasteiger partial charge in [0.1, 0.15) is 5.69 Å². The van der Waals surface area contributed by atoms with Gasteiger partial charge < -0.3 is 4.90 Å². The van der Waals surface area contributed by atoms with Crippen LogP contribution in [0.3, 0.4) is 0 Å². The van der Waals surface area contributed by atoms with Gasteiger partial charge in [0.05, 0.1) is 5.38 Å². The SMILES string of the molecule is CC1CCN(C(=O)c2ccc(Br)cn2)CC1Cl. The van der Waals surface area contributed by atoms with Gasteiger partial charge in [-0.15, -0.1) is 11.6 Å². The Kier molecular flexibility index (Phi) is 4.05. The predicted octanol–water partition coefficient (Wildman–Crippen LogP) is 2.93. The number of halogens is 2. The van der Waals surface area contributed by atoms with Crippen LogP contribution in [0.2, 0.25) is 0 Å². The van der Waals surface area contributed by atoms with Crippen LogP contribution in [0.4, 0.5) is 0 Å². The van der Waals surface area contributed by atoms with Crippen LogP contribution in [0, 0.1) is 5.92 Å². The maximum Gasteiger partial charge on any atom is 0.272 e. The molecule has 2 unspecified atom stereocenters. The van der Waals surface area contributed by atoms with Crippen LogP contribution < -0.4 is 0 Å². The Morgan fingerprint density at radius 1 is 1.59 bits per heavy atom. The monoisotopic (exact) mass is 316 g/mol. The van der Waals surface area contributed by atoms with Gasteiger partial charge >= 0.3 is 0 Å².